The van der Waals surface area contributed by atoms with Crippen LogP contribution in [-0.4, -0.2) is 48.9 Å². The summed E-state index contributed by atoms with van der Waals surface area (Å²) in [6.07, 6.45) is 4.25. The highest BCUT2D eigenvalue weighted by Gasteiger charge is 2.50. The first-order chi connectivity index (χ1) is 19.2. The van der Waals surface area contributed by atoms with Crippen molar-refractivity contribution in [1.82, 2.24) is 9.04 Å². The van der Waals surface area contributed by atoms with Crippen LogP contribution in [0.15, 0.2) is 71.8 Å². The van der Waals surface area contributed by atoms with Crippen LogP contribution in [0, 0.1) is 0 Å². The minimum Gasteiger partial charge on any atom is -0.486 e. The molecule has 6 rings (SSSR count). The predicted molar refractivity (Wildman–Crippen MR) is 143 cm³/mol. The van der Waals surface area contributed by atoms with E-state index >= 15 is 7.77 Å². The van der Waals surface area contributed by atoms with Crippen molar-refractivity contribution < 1.29 is 40.5 Å². The topological polar surface area (TPSA) is 97.9 Å². The molecule has 9 nitrogen and oxygen atoms in total. The molecule has 1 aromatic carbocycles. The number of thiophene rings is 1. The van der Waals surface area contributed by atoms with Gasteiger partial charge in [-0.15, -0.1) is 16.4 Å². The number of rotatable bonds is 8. The number of benzene rings is 1. The normalized spacial score (nSPS) is 17.9. The molecule has 1 fully saturated rings. The maximum absolute atomic E-state index is 16.1. The number of aromatic nitrogens is 1. The third-order valence-electron chi connectivity index (χ3n) is 6.33. The van der Waals surface area contributed by atoms with Gasteiger partial charge in [-0.05, 0) is 47.8 Å². The number of imide groups is 1. The maximum Gasteiger partial charge on any atom is 0.388 e. The second-order valence-corrected chi connectivity index (χ2v) is 11.5. The fourth-order valence-corrected chi connectivity index (χ4v) is 7.02. The van der Waals surface area contributed by atoms with Crippen molar-refractivity contribution in [2.75, 3.05) is 6.61 Å². The molecule has 13 heteroatoms. The van der Waals surface area contributed by atoms with E-state index in [1.165, 1.54) is 11.3 Å². The number of carbonyl (C=O) groups excluding carboxylic acids is 4. The minimum atomic E-state index is -4.47. The van der Waals surface area contributed by atoms with E-state index < -0.39 is 47.8 Å². The highest BCUT2D eigenvalue weighted by Crippen LogP contribution is 2.61. The first-order valence-corrected chi connectivity index (χ1v) is 14.3. The lowest BCUT2D eigenvalue weighted by Crippen LogP contribution is -2.33. The van der Waals surface area contributed by atoms with E-state index in [2.05, 4.69) is 4.84 Å². The van der Waals surface area contributed by atoms with Crippen molar-refractivity contribution in [2.45, 2.75) is 19.3 Å². The van der Waals surface area contributed by atoms with Crippen LogP contribution < -0.4 is 4.74 Å². The fourth-order valence-electron chi connectivity index (χ4n) is 4.52. The molecule has 0 unspecified atom stereocenters. The van der Waals surface area contributed by atoms with Gasteiger partial charge in [0.25, 0.3) is 11.8 Å². The minimum absolute atomic E-state index is 0.0496. The molecule has 0 spiro atoms. The molecule has 5 heterocycles. The highest BCUT2D eigenvalue weighted by molar-refractivity contribution is 8.19. The molecule has 40 heavy (non-hydrogen) atoms. The summed E-state index contributed by atoms with van der Waals surface area (Å²) in [5, 5.41) is 2.22. The third-order valence-corrected chi connectivity index (χ3v) is 8.92. The van der Waals surface area contributed by atoms with Gasteiger partial charge in [-0.3, -0.25) is 14.4 Å². The molecule has 0 saturated carbocycles. The second-order valence-electron chi connectivity index (χ2n) is 8.99. The highest BCUT2D eigenvalue weighted by atomic mass is 32.3. The first-order valence-electron chi connectivity index (χ1n) is 12.1. The number of halogens is 2. The predicted octanol–water partition coefficient (Wildman–Crippen LogP) is 4.84. The van der Waals surface area contributed by atoms with Gasteiger partial charge in [-0.1, -0.05) is 17.8 Å². The maximum atomic E-state index is 16.1. The van der Waals surface area contributed by atoms with Crippen LogP contribution in [0.5, 0.6) is 5.75 Å². The summed E-state index contributed by atoms with van der Waals surface area (Å²) in [7, 11) is 0. The zero-order valence-corrected chi connectivity index (χ0v) is 22.3. The molecule has 0 atom stereocenters. The lowest BCUT2D eigenvalue weighted by atomic mass is 10.1. The molecule has 1 saturated heterocycles. The Hall–Kier alpha value is -4.36. The lowest BCUT2D eigenvalue weighted by molar-refractivity contribution is -0.300. The average molecular weight is 585 g/mol. The second kappa shape index (κ2) is 9.99. The van der Waals surface area contributed by atoms with Crippen molar-refractivity contribution in [1.29, 1.82) is 0 Å². The fraction of sp³-hybridized carbons (Fsp3) is 0.148. The number of allylic oxidation sites excluding steroid dienone is 2. The summed E-state index contributed by atoms with van der Waals surface area (Å²) >= 11 is -3.07. The third kappa shape index (κ3) is 4.56. The molecular weight excluding hydrogens is 564 g/mol. The zero-order valence-electron chi connectivity index (χ0n) is 20.6. The molecule has 3 aliphatic rings. The Balaban J connectivity index is 1.14. The Morgan fingerprint density at radius 3 is 2.45 bits per heavy atom. The monoisotopic (exact) mass is 584 g/mol. The van der Waals surface area contributed by atoms with Crippen molar-refractivity contribution in [3.8, 4) is 16.3 Å². The number of fused-ring (bicyclic) bond motifs is 2. The van der Waals surface area contributed by atoms with Gasteiger partial charge in [-0.2, -0.15) is 0 Å². The van der Waals surface area contributed by atoms with E-state index in [9.17, 15) is 19.2 Å². The van der Waals surface area contributed by atoms with E-state index in [0.717, 1.165) is 12.8 Å². The zero-order chi connectivity index (χ0) is 28.0. The number of Topliss-reactive ketones (excluding diaryl/α,β-unsaturated/α-hetero) is 1. The van der Waals surface area contributed by atoms with E-state index in [1.807, 2.05) is 17.5 Å². The lowest BCUT2D eigenvalue weighted by Gasteiger charge is -2.25. The van der Waals surface area contributed by atoms with E-state index in [-0.39, 0.29) is 12.8 Å². The van der Waals surface area contributed by atoms with Gasteiger partial charge in [0.15, 0.2) is 5.78 Å². The van der Waals surface area contributed by atoms with Crippen LogP contribution in [0.4, 0.5) is 7.77 Å². The number of hydrogen-bond donors (Lipinski definition) is 0. The van der Waals surface area contributed by atoms with E-state index in [0.29, 0.717) is 39.2 Å². The number of amides is 2. The summed E-state index contributed by atoms with van der Waals surface area (Å²) in [5.41, 5.74) is 2.16. The van der Waals surface area contributed by atoms with Crippen LogP contribution in [0.3, 0.4) is 0 Å². The van der Waals surface area contributed by atoms with Crippen LogP contribution in [0.25, 0.3) is 16.6 Å². The van der Waals surface area contributed by atoms with Crippen molar-refractivity contribution in [3.05, 3.63) is 83.0 Å². The summed E-state index contributed by atoms with van der Waals surface area (Å²) < 4.78 is 39.8. The Morgan fingerprint density at radius 1 is 1.00 bits per heavy atom. The summed E-state index contributed by atoms with van der Waals surface area (Å²) in [6.45, 7) is -0.462. The van der Waals surface area contributed by atoms with Crippen molar-refractivity contribution >= 4 is 57.9 Å². The van der Waals surface area contributed by atoms with Crippen molar-refractivity contribution in [2.24, 2.45) is 0 Å². The Kier molecular flexibility index (Phi) is 6.47. The molecule has 0 bridgehead atoms. The van der Waals surface area contributed by atoms with Crippen LogP contribution >= 0.6 is 22.5 Å². The largest absolute Gasteiger partial charge is 0.486 e. The molecule has 0 radical (unpaired) electrons. The quantitative estimate of drug-likeness (QED) is 0.214. The smallest absolute Gasteiger partial charge is 0.388 e. The molecule has 0 N–H and O–H groups in total. The molecule has 0 aliphatic carbocycles. The molecule has 2 aromatic heterocycles. The Labute approximate surface area is 232 Å². The standard InChI is InChI=1S/C27H20F2N3O6S2/c28-40(29)31-18(14-19-6-10-23(32(19)40)24-2-1-13-39-24)5-9-22(31)17-3-7-21(8-4-17)37-16-20(33)15-27(36)38-30-25(34)11-12-26(30)35/h1-10,13-14H,11-12,15-16H2/q+1. The Bertz CT molecular complexity index is 1640. The van der Waals surface area contributed by atoms with Gasteiger partial charge in [0.05, 0.1) is 16.3 Å². The first kappa shape index (κ1) is 25.9. The number of hydroxylamine groups is 2. The van der Waals surface area contributed by atoms with Gasteiger partial charge in [0.1, 0.15) is 18.8 Å². The molecule has 204 valence electrons. The number of hydrogen-bond acceptors (Lipinski definition) is 7. The molecular formula is C27H20F2N3O6S2+. The van der Waals surface area contributed by atoms with Crippen LogP contribution in [-0.2, 0) is 24.0 Å². The number of carbonyl (C=O) groups is 4. The van der Waals surface area contributed by atoms with Crippen LogP contribution in [0.2, 0.25) is 0 Å². The van der Waals surface area contributed by atoms with Gasteiger partial charge < -0.3 is 9.57 Å². The number of ether oxygens (including phenoxy) is 1. The molecule has 3 aromatic rings. The number of nitrogens with zero attached hydrogens (tertiary/aromatic N) is 3. The van der Waals surface area contributed by atoms with Gasteiger partial charge in [0, 0.05) is 36.6 Å². The van der Waals surface area contributed by atoms with Gasteiger partial charge >= 0.3 is 17.1 Å². The summed E-state index contributed by atoms with van der Waals surface area (Å²) in [6, 6.07) is 13.4. The van der Waals surface area contributed by atoms with Gasteiger partial charge in [0.2, 0.25) is 11.4 Å². The van der Waals surface area contributed by atoms with E-state index in [4.69, 9.17) is 4.74 Å². The SMILES string of the molecule is O=C(COc1ccc(C2=[N+]3C(=Cc4ccc(-c5cccs5)n4S3(F)F)C=C2)cc1)CC(=O)ON1C(=O)CCC1=O. The van der Waals surface area contributed by atoms with Crippen LogP contribution in [0.1, 0.15) is 30.5 Å². The molecule has 2 amide bonds. The van der Waals surface area contributed by atoms with E-state index in [1.54, 1.807) is 54.6 Å². The summed E-state index contributed by atoms with van der Waals surface area (Å²) in [4.78, 5) is 52.5. The number of ketones is 1. The van der Waals surface area contributed by atoms with Crippen molar-refractivity contribution in [3.63, 3.8) is 0 Å². The summed E-state index contributed by atoms with van der Waals surface area (Å²) in [5.74, 6) is -2.66. The molecule has 3 aliphatic heterocycles. The average Bonchev–Trinajstić information content (AvgIpc) is 3.72. The van der Waals surface area contributed by atoms with Gasteiger partial charge in [-0.25, -0.2) is 8.77 Å². The Morgan fingerprint density at radius 2 is 1.75 bits per heavy atom.